The minimum Gasteiger partial charge on any atom is -0.370 e. The number of amides is 1. The molecule has 0 unspecified atom stereocenters. The molecule has 0 fully saturated rings. The van der Waals surface area contributed by atoms with Crippen LogP contribution in [0.1, 0.15) is 33.1 Å². The van der Waals surface area contributed by atoms with Crippen molar-refractivity contribution in [3.05, 3.63) is 0 Å². The first-order valence-corrected chi connectivity index (χ1v) is 3.75. The van der Waals surface area contributed by atoms with E-state index in [2.05, 4.69) is 0 Å². The summed E-state index contributed by atoms with van der Waals surface area (Å²) in [5.74, 6) is -0.238. The van der Waals surface area contributed by atoms with Gasteiger partial charge in [-0.05, 0) is 19.4 Å². The third-order valence-corrected chi connectivity index (χ3v) is 0.877. The number of rotatable bonds is 4. The average Bonchev–Trinajstić information content (AvgIpc) is 1.92. The van der Waals surface area contributed by atoms with Crippen molar-refractivity contribution < 1.29 is 4.79 Å². The zero-order chi connectivity index (χ0) is 8.41. The van der Waals surface area contributed by atoms with E-state index in [-0.39, 0.29) is 5.91 Å². The van der Waals surface area contributed by atoms with Crippen LogP contribution in [-0.4, -0.2) is 12.5 Å². The minimum atomic E-state index is -0.238. The Labute approximate surface area is 62.8 Å². The molecule has 0 aliphatic carbocycles. The van der Waals surface area contributed by atoms with Gasteiger partial charge in [0.25, 0.3) is 0 Å². The first-order valence-electron chi connectivity index (χ1n) is 3.75. The van der Waals surface area contributed by atoms with Gasteiger partial charge in [0.2, 0.25) is 5.91 Å². The smallest absolute Gasteiger partial charge is 0.217 e. The second kappa shape index (κ2) is 11.3. The lowest BCUT2D eigenvalue weighted by Crippen LogP contribution is -2.10. The van der Waals surface area contributed by atoms with Gasteiger partial charge in [-0.1, -0.05) is 13.8 Å². The van der Waals surface area contributed by atoms with Crippen LogP contribution in [0.3, 0.4) is 0 Å². The largest absolute Gasteiger partial charge is 0.370 e. The van der Waals surface area contributed by atoms with Crippen molar-refractivity contribution in [1.29, 1.82) is 0 Å². The molecule has 0 saturated heterocycles. The summed E-state index contributed by atoms with van der Waals surface area (Å²) in [7, 11) is 0. The number of unbranched alkanes of at least 4 members (excludes halogenated alkanes) is 1. The fourth-order valence-electron chi connectivity index (χ4n) is 0.444. The Kier molecular flexibility index (Phi) is 13.7. The van der Waals surface area contributed by atoms with Crippen LogP contribution in [0.15, 0.2) is 0 Å². The third kappa shape index (κ3) is 15.7. The molecule has 3 nitrogen and oxygen atoms in total. The molecule has 0 aromatic heterocycles. The Bertz CT molecular complexity index is 74.0. The monoisotopic (exact) mass is 146 g/mol. The van der Waals surface area contributed by atoms with Gasteiger partial charge < -0.3 is 11.5 Å². The molecule has 62 valence electrons. The van der Waals surface area contributed by atoms with Crippen LogP contribution in [0, 0.1) is 0 Å². The summed E-state index contributed by atoms with van der Waals surface area (Å²) in [6.07, 6.45) is 2.19. The molecule has 0 aliphatic rings. The molecule has 1 amide bonds. The van der Waals surface area contributed by atoms with Gasteiger partial charge >= 0.3 is 0 Å². The van der Waals surface area contributed by atoms with Crippen molar-refractivity contribution in [3.63, 3.8) is 0 Å². The molecule has 0 spiro atoms. The van der Waals surface area contributed by atoms with Crippen molar-refractivity contribution in [1.82, 2.24) is 0 Å². The molecule has 0 aromatic rings. The summed E-state index contributed by atoms with van der Waals surface area (Å²) in [5.41, 5.74) is 10.0. The van der Waals surface area contributed by atoms with Gasteiger partial charge in [0, 0.05) is 6.42 Å². The SMILES string of the molecule is CC.NCCCCC(N)=O. The zero-order valence-electron chi connectivity index (χ0n) is 6.89. The summed E-state index contributed by atoms with van der Waals surface area (Å²) in [4.78, 5) is 10.1. The van der Waals surface area contributed by atoms with E-state index in [1.165, 1.54) is 0 Å². The van der Waals surface area contributed by atoms with Gasteiger partial charge in [-0.2, -0.15) is 0 Å². The van der Waals surface area contributed by atoms with Crippen LogP contribution in [-0.2, 0) is 4.79 Å². The number of carbonyl (C=O) groups is 1. The number of hydrogen-bond acceptors (Lipinski definition) is 2. The molecule has 3 heteroatoms. The van der Waals surface area contributed by atoms with Crippen LogP contribution >= 0.6 is 0 Å². The molecule has 0 heterocycles. The summed E-state index contributed by atoms with van der Waals surface area (Å²) in [6.45, 7) is 4.65. The van der Waals surface area contributed by atoms with Gasteiger partial charge in [0.1, 0.15) is 0 Å². The predicted octanol–water partition coefficient (Wildman–Crippen LogP) is 0.627. The van der Waals surface area contributed by atoms with Crippen LogP contribution in [0.5, 0.6) is 0 Å². The highest BCUT2D eigenvalue weighted by Crippen LogP contribution is 1.89. The molecule has 10 heavy (non-hydrogen) atoms. The van der Waals surface area contributed by atoms with Crippen LogP contribution in [0.4, 0.5) is 0 Å². The van der Waals surface area contributed by atoms with Gasteiger partial charge in [0.05, 0.1) is 0 Å². The molecular weight excluding hydrogens is 128 g/mol. The highest BCUT2D eigenvalue weighted by atomic mass is 16.1. The van der Waals surface area contributed by atoms with Gasteiger partial charge in [-0.15, -0.1) is 0 Å². The number of carbonyl (C=O) groups excluding carboxylic acids is 1. The topological polar surface area (TPSA) is 69.1 Å². The van der Waals surface area contributed by atoms with Crippen LogP contribution in [0.2, 0.25) is 0 Å². The number of hydrogen-bond donors (Lipinski definition) is 2. The van der Waals surface area contributed by atoms with Gasteiger partial charge in [-0.3, -0.25) is 4.79 Å². The molecule has 0 bridgehead atoms. The molecule has 0 saturated carbocycles. The first kappa shape index (κ1) is 12.1. The Balaban J connectivity index is 0. The number of primary amides is 1. The molecular formula is C7H18N2O. The maximum atomic E-state index is 10.1. The second-order valence-electron chi connectivity index (χ2n) is 1.71. The first-order chi connectivity index (χ1) is 4.77. The Morgan fingerprint density at radius 3 is 2.10 bits per heavy atom. The van der Waals surface area contributed by atoms with Crippen molar-refractivity contribution >= 4 is 5.91 Å². The average molecular weight is 146 g/mol. The van der Waals surface area contributed by atoms with Crippen LogP contribution < -0.4 is 11.5 Å². The van der Waals surface area contributed by atoms with E-state index in [1.807, 2.05) is 13.8 Å². The van der Waals surface area contributed by atoms with Crippen LogP contribution in [0.25, 0.3) is 0 Å². The predicted molar refractivity (Wildman–Crippen MR) is 43.4 cm³/mol. The highest BCUT2D eigenvalue weighted by Gasteiger charge is 1.90. The summed E-state index contributed by atoms with van der Waals surface area (Å²) < 4.78 is 0. The maximum absolute atomic E-state index is 10.1. The lowest BCUT2D eigenvalue weighted by Gasteiger charge is -1.90. The summed E-state index contributed by atoms with van der Waals surface area (Å²) in [5, 5.41) is 0. The molecule has 4 N–H and O–H groups in total. The quantitative estimate of drug-likeness (QED) is 0.571. The zero-order valence-corrected chi connectivity index (χ0v) is 6.89. The lowest BCUT2D eigenvalue weighted by atomic mass is 10.2. The minimum absolute atomic E-state index is 0.238. The van der Waals surface area contributed by atoms with E-state index in [0.29, 0.717) is 13.0 Å². The standard InChI is InChI=1S/C5H12N2O.C2H6/c6-4-2-1-3-5(7)8;1-2/h1-4,6H2,(H2,7,8);1-2H3. The van der Waals surface area contributed by atoms with Crippen molar-refractivity contribution in [2.45, 2.75) is 33.1 Å². The molecule has 0 atom stereocenters. The highest BCUT2D eigenvalue weighted by molar-refractivity contribution is 5.73. The second-order valence-corrected chi connectivity index (χ2v) is 1.71. The van der Waals surface area contributed by atoms with E-state index < -0.39 is 0 Å². The van der Waals surface area contributed by atoms with E-state index in [1.54, 1.807) is 0 Å². The lowest BCUT2D eigenvalue weighted by molar-refractivity contribution is -0.118. The molecule has 0 radical (unpaired) electrons. The van der Waals surface area contributed by atoms with Crippen molar-refractivity contribution in [2.24, 2.45) is 11.5 Å². The Morgan fingerprint density at radius 1 is 1.30 bits per heavy atom. The van der Waals surface area contributed by atoms with Gasteiger partial charge in [0.15, 0.2) is 0 Å². The normalized spacial score (nSPS) is 7.90. The molecule has 0 aromatic carbocycles. The van der Waals surface area contributed by atoms with E-state index >= 15 is 0 Å². The van der Waals surface area contributed by atoms with Gasteiger partial charge in [-0.25, -0.2) is 0 Å². The van der Waals surface area contributed by atoms with Crippen molar-refractivity contribution in [2.75, 3.05) is 6.54 Å². The van der Waals surface area contributed by atoms with E-state index in [9.17, 15) is 4.79 Å². The van der Waals surface area contributed by atoms with E-state index in [0.717, 1.165) is 12.8 Å². The molecule has 0 aliphatic heterocycles. The summed E-state index contributed by atoms with van der Waals surface area (Å²) in [6, 6.07) is 0. The molecule has 0 rings (SSSR count). The Hall–Kier alpha value is -0.570. The van der Waals surface area contributed by atoms with Crippen molar-refractivity contribution in [3.8, 4) is 0 Å². The fourth-order valence-corrected chi connectivity index (χ4v) is 0.444. The number of nitrogens with two attached hydrogens (primary N) is 2. The summed E-state index contributed by atoms with van der Waals surface area (Å²) >= 11 is 0. The Morgan fingerprint density at radius 2 is 1.80 bits per heavy atom. The van der Waals surface area contributed by atoms with E-state index in [4.69, 9.17) is 11.5 Å². The maximum Gasteiger partial charge on any atom is 0.217 e. The third-order valence-electron chi connectivity index (χ3n) is 0.877. The fraction of sp³-hybridized carbons (Fsp3) is 0.857.